The van der Waals surface area contributed by atoms with Crippen LogP contribution in [-0.4, -0.2) is 14.6 Å². The van der Waals surface area contributed by atoms with Gasteiger partial charge in [-0.3, -0.25) is 5.10 Å². The molecule has 0 spiro atoms. The standard InChI is InChI=1S/C5H7N5/c6-3-1-4(7)10-5(3)8-2-9-10/h1-2H,6-7H2,(H,8,9). The van der Waals surface area contributed by atoms with Crippen molar-refractivity contribution in [2.24, 2.45) is 0 Å². The quantitative estimate of drug-likeness (QED) is 0.471. The molecule has 0 unspecified atom stereocenters. The van der Waals surface area contributed by atoms with E-state index in [1.807, 2.05) is 0 Å². The summed E-state index contributed by atoms with van der Waals surface area (Å²) < 4.78 is 1.62. The molecular weight excluding hydrogens is 130 g/mol. The van der Waals surface area contributed by atoms with Gasteiger partial charge in [-0.2, -0.15) is 0 Å². The molecule has 10 heavy (non-hydrogen) atoms. The molecule has 5 nitrogen and oxygen atoms in total. The maximum atomic E-state index is 5.54. The molecule has 0 bridgehead atoms. The van der Waals surface area contributed by atoms with Gasteiger partial charge in [-0.25, -0.2) is 9.50 Å². The third-order valence-corrected chi connectivity index (χ3v) is 1.41. The molecule has 0 aromatic carbocycles. The van der Waals surface area contributed by atoms with Crippen molar-refractivity contribution >= 4 is 17.2 Å². The summed E-state index contributed by atoms with van der Waals surface area (Å²) in [4.78, 5) is 3.94. The van der Waals surface area contributed by atoms with Gasteiger partial charge in [-0.05, 0) is 0 Å². The second kappa shape index (κ2) is 1.44. The molecule has 0 fully saturated rings. The number of fused-ring (bicyclic) bond motifs is 1. The molecule has 2 heterocycles. The number of nitrogens with two attached hydrogens (primary N) is 2. The second-order valence-corrected chi connectivity index (χ2v) is 2.07. The Labute approximate surface area is 56.6 Å². The van der Waals surface area contributed by atoms with Crippen LogP contribution in [0, 0.1) is 0 Å². The summed E-state index contributed by atoms with van der Waals surface area (Å²) in [6, 6.07) is 1.67. The fourth-order valence-corrected chi connectivity index (χ4v) is 0.955. The van der Waals surface area contributed by atoms with E-state index in [4.69, 9.17) is 11.5 Å². The predicted octanol–water partition coefficient (Wildman–Crippen LogP) is -0.173. The van der Waals surface area contributed by atoms with Crippen molar-refractivity contribution < 1.29 is 0 Å². The first-order valence-corrected chi connectivity index (χ1v) is 2.85. The number of nitrogen functional groups attached to an aromatic ring is 2. The average Bonchev–Trinajstić information content (AvgIpc) is 2.39. The summed E-state index contributed by atoms with van der Waals surface area (Å²) in [5.41, 5.74) is 12.3. The van der Waals surface area contributed by atoms with Gasteiger partial charge in [0.1, 0.15) is 12.1 Å². The summed E-state index contributed by atoms with van der Waals surface area (Å²) in [5.74, 6) is 0.574. The van der Waals surface area contributed by atoms with Gasteiger partial charge in [0.05, 0.1) is 5.69 Å². The molecule has 5 N–H and O–H groups in total. The van der Waals surface area contributed by atoms with E-state index in [1.165, 1.54) is 0 Å². The van der Waals surface area contributed by atoms with Gasteiger partial charge in [0.2, 0.25) is 0 Å². The van der Waals surface area contributed by atoms with Crippen LogP contribution in [0.4, 0.5) is 11.5 Å². The zero-order valence-electron chi connectivity index (χ0n) is 5.20. The van der Waals surface area contributed by atoms with Crippen LogP contribution in [0.15, 0.2) is 12.4 Å². The number of hydrogen-bond acceptors (Lipinski definition) is 3. The smallest absolute Gasteiger partial charge is 0.178 e. The number of aromatic amines is 1. The lowest BCUT2D eigenvalue weighted by atomic mass is 10.5. The first-order chi connectivity index (χ1) is 4.79. The number of aromatic nitrogens is 3. The van der Waals surface area contributed by atoms with Gasteiger partial charge in [-0.15, -0.1) is 0 Å². The maximum absolute atomic E-state index is 5.54. The molecule has 2 aromatic rings. The van der Waals surface area contributed by atoms with Crippen molar-refractivity contribution in [2.45, 2.75) is 0 Å². The number of H-pyrrole nitrogens is 1. The molecule has 0 atom stereocenters. The Bertz CT molecular complexity index is 325. The lowest BCUT2D eigenvalue weighted by Crippen LogP contribution is -1.91. The van der Waals surface area contributed by atoms with E-state index in [0.29, 0.717) is 17.2 Å². The van der Waals surface area contributed by atoms with Crippen LogP contribution < -0.4 is 11.5 Å². The highest BCUT2D eigenvalue weighted by molar-refractivity contribution is 5.70. The Balaban J connectivity index is 2.98. The third kappa shape index (κ3) is 0.439. The average molecular weight is 137 g/mol. The number of hydrogen-bond donors (Lipinski definition) is 3. The number of nitrogens with zero attached hydrogens (tertiary/aromatic N) is 2. The van der Waals surface area contributed by atoms with Crippen LogP contribution in [0.25, 0.3) is 5.65 Å². The lowest BCUT2D eigenvalue weighted by Gasteiger charge is -1.84. The molecule has 0 aliphatic heterocycles. The van der Waals surface area contributed by atoms with E-state index >= 15 is 0 Å². The Morgan fingerprint density at radius 3 is 3.00 bits per heavy atom. The number of rotatable bonds is 0. The molecule has 0 radical (unpaired) electrons. The van der Waals surface area contributed by atoms with E-state index in [9.17, 15) is 0 Å². The maximum Gasteiger partial charge on any atom is 0.178 e. The first-order valence-electron chi connectivity index (χ1n) is 2.85. The van der Waals surface area contributed by atoms with E-state index in [1.54, 1.807) is 16.9 Å². The fourth-order valence-electron chi connectivity index (χ4n) is 0.955. The van der Waals surface area contributed by atoms with E-state index < -0.39 is 0 Å². The molecular formula is C5H7N5. The first kappa shape index (κ1) is 5.16. The van der Waals surface area contributed by atoms with Crippen LogP contribution in [0.2, 0.25) is 0 Å². The highest BCUT2D eigenvalue weighted by Gasteiger charge is 2.03. The SMILES string of the molecule is Nc1cc(N)n2[nH]cnc12. The Morgan fingerprint density at radius 2 is 2.30 bits per heavy atom. The second-order valence-electron chi connectivity index (χ2n) is 2.07. The largest absolute Gasteiger partial charge is 0.396 e. The van der Waals surface area contributed by atoms with Crippen molar-refractivity contribution in [1.82, 2.24) is 14.6 Å². The van der Waals surface area contributed by atoms with Gasteiger partial charge >= 0.3 is 0 Å². The number of anilines is 2. The van der Waals surface area contributed by atoms with Crippen molar-refractivity contribution in [2.75, 3.05) is 11.5 Å². The summed E-state index contributed by atoms with van der Waals surface area (Å²) >= 11 is 0. The van der Waals surface area contributed by atoms with Crippen molar-refractivity contribution in [1.29, 1.82) is 0 Å². The molecule has 52 valence electrons. The molecule has 0 aliphatic carbocycles. The van der Waals surface area contributed by atoms with Crippen molar-refractivity contribution in [3.05, 3.63) is 12.4 Å². The molecule has 0 saturated heterocycles. The highest BCUT2D eigenvalue weighted by Crippen LogP contribution is 2.16. The molecule has 0 saturated carbocycles. The Morgan fingerprint density at radius 1 is 1.50 bits per heavy atom. The van der Waals surface area contributed by atoms with Gasteiger partial charge in [-0.1, -0.05) is 0 Å². The van der Waals surface area contributed by atoms with E-state index in [-0.39, 0.29) is 0 Å². The molecule has 2 aromatic heterocycles. The minimum atomic E-state index is 0.574. The normalized spacial score (nSPS) is 10.8. The van der Waals surface area contributed by atoms with Crippen LogP contribution in [-0.2, 0) is 0 Å². The van der Waals surface area contributed by atoms with Crippen LogP contribution in [0.3, 0.4) is 0 Å². The Hall–Kier alpha value is -1.65. The third-order valence-electron chi connectivity index (χ3n) is 1.41. The topological polar surface area (TPSA) is 85.1 Å². The highest BCUT2D eigenvalue weighted by atomic mass is 15.3. The number of nitrogens with one attached hydrogen (secondary N) is 1. The van der Waals surface area contributed by atoms with Gasteiger partial charge < -0.3 is 11.5 Å². The summed E-state index contributed by atoms with van der Waals surface area (Å²) in [5, 5.41) is 2.81. The minimum absolute atomic E-state index is 0.574. The molecule has 5 heteroatoms. The minimum Gasteiger partial charge on any atom is -0.396 e. The van der Waals surface area contributed by atoms with Crippen molar-refractivity contribution in [3.8, 4) is 0 Å². The van der Waals surface area contributed by atoms with Crippen LogP contribution in [0.5, 0.6) is 0 Å². The van der Waals surface area contributed by atoms with Crippen LogP contribution >= 0.6 is 0 Å². The van der Waals surface area contributed by atoms with Gasteiger partial charge in [0.15, 0.2) is 5.65 Å². The monoisotopic (exact) mass is 137 g/mol. The van der Waals surface area contributed by atoms with Crippen LogP contribution in [0.1, 0.15) is 0 Å². The zero-order valence-corrected chi connectivity index (χ0v) is 5.20. The Kier molecular flexibility index (Phi) is 0.743. The molecule has 2 rings (SSSR count). The summed E-state index contributed by atoms with van der Waals surface area (Å²) in [7, 11) is 0. The molecule has 0 aliphatic rings. The van der Waals surface area contributed by atoms with Gasteiger partial charge in [0.25, 0.3) is 0 Å². The molecule has 0 amide bonds. The predicted molar refractivity (Wildman–Crippen MR) is 38.4 cm³/mol. The van der Waals surface area contributed by atoms with Crippen molar-refractivity contribution in [3.63, 3.8) is 0 Å². The zero-order chi connectivity index (χ0) is 7.14. The summed E-state index contributed by atoms with van der Waals surface area (Å²) in [6.45, 7) is 0. The van der Waals surface area contributed by atoms with E-state index in [2.05, 4.69) is 10.1 Å². The fraction of sp³-hybridized carbons (Fsp3) is 0. The lowest BCUT2D eigenvalue weighted by molar-refractivity contribution is 0.987. The van der Waals surface area contributed by atoms with Gasteiger partial charge in [0, 0.05) is 6.07 Å². The van der Waals surface area contributed by atoms with E-state index in [0.717, 1.165) is 0 Å². The summed E-state index contributed by atoms with van der Waals surface area (Å²) in [6.07, 6.45) is 1.54.